The van der Waals surface area contributed by atoms with Crippen molar-refractivity contribution in [2.45, 2.75) is 72.4 Å². The highest BCUT2D eigenvalue weighted by Crippen LogP contribution is 2.33. The van der Waals surface area contributed by atoms with E-state index in [1.807, 2.05) is 11.3 Å². The first-order chi connectivity index (χ1) is 10.0. The summed E-state index contributed by atoms with van der Waals surface area (Å²) in [5.74, 6) is 1.43. The molecule has 0 aromatic carbocycles. The molecule has 0 aliphatic carbocycles. The van der Waals surface area contributed by atoms with E-state index in [0.29, 0.717) is 12.0 Å². The lowest BCUT2D eigenvalue weighted by Crippen LogP contribution is -2.33. The van der Waals surface area contributed by atoms with Crippen molar-refractivity contribution in [1.82, 2.24) is 10.3 Å². The summed E-state index contributed by atoms with van der Waals surface area (Å²) in [6, 6.07) is 0.524. The van der Waals surface area contributed by atoms with E-state index in [1.165, 1.54) is 48.1 Å². The summed E-state index contributed by atoms with van der Waals surface area (Å²) in [5.41, 5.74) is 1.29. The van der Waals surface area contributed by atoms with E-state index < -0.39 is 0 Å². The number of rotatable bonds is 6. The largest absolute Gasteiger partial charge is 0.348 e. The fraction of sp³-hybridized carbons (Fsp3) is 0.824. The number of piperidine rings is 1. The van der Waals surface area contributed by atoms with E-state index in [4.69, 9.17) is 4.98 Å². The summed E-state index contributed by atoms with van der Waals surface area (Å²) in [5, 5.41) is 4.79. The van der Waals surface area contributed by atoms with Crippen LogP contribution in [-0.2, 0) is 6.54 Å². The molecule has 1 aromatic rings. The second-order valence-corrected chi connectivity index (χ2v) is 7.90. The molecule has 3 nitrogen and oxygen atoms in total. The fourth-order valence-electron chi connectivity index (χ4n) is 2.89. The van der Waals surface area contributed by atoms with Gasteiger partial charge in [0.15, 0.2) is 5.13 Å². The molecule has 1 aliphatic rings. The number of aromatic nitrogens is 1. The molecular weight excluding hydrogens is 278 g/mol. The topological polar surface area (TPSA) is 28.2 Å². The highest BCUT2D eigenvalue weighted by Gasteiger charge is 2.22. The Bertz CT molecular complexity index is 431. The SMILES string of the molecule is CCC1CCN(c2nc(C(C)C)c(CNC(C)C)s2)CC1. The van der Waals surface area contributed by atoms with Crippen LogP contribution in [0.3, 0.4) is 0 Å². The van der Waals surface area contributed by atoms with Gasteiger partial charge in [-0.05, 0) is 24.7 Å². The quantitative estimate of drug-likeness (QED) is 0.844. The lowest BCUT2D eigenvalue weighted by atomic mass is 9.95. The Morgan fingerprint density at radius 3 is 2.43 bits per heavy atom. The van der Waals surface area contributed by atoms with Crippen molar-refractivity contribution in [2.75, 3.05) is 18.0 Å². The van der Waals surface area contributed by atoms with E-state index in [9.17, 15) is 0 Å². The Hall–Kier alpha value is -0.610. The summed E-state index contributed by atoms with van der Waals surface area (Å²) in [6.45, 7) is 14.5. The van der Waals surface area contributed by atoms with Gasteiger partial charge in [-0.2, -0.15) is 0 Å². The van der Waals surface area contributed by atoms with Gasteiger partial charge in [0.1, 0.15) is 0 Å². The molecule has 2 rings (SSSR count). The molecule has 1 fully saturated rings. The van der Waals surface area contributed by atoms with Crippen molar-refractivity contribution in [3.63, 3.8) is 0 Å². The van der Waals surface area contributed by atoms with Crippen LogP contribution in [-0.4, -0.2) is 24.1 Å². The predicted octanol–water partition coefficient (Wildman–Crippen LogP) is 4.39. The first-order valence-electron chi connectivity index (χ1n) is 8.49. The van der Waals surface area contributed by atoms with Gasteiger partial charge in [-0.1, -0.05) is 41.0 Å². The van der Waals surface area contributed by atoms with Gasteiger partial charge in [0.25, 0.3) is 0 Å². The van der Waals surface area contributed by atoms with E-state index >= 15 is 0 Å². The molecule has 0 unspecified atom stereocenters. The zero-order valence-electron chi connectivity index (χ0n) is 14.3. The van der Waals surface area contributed by atoms with Crippen LogP contribution >= 0.6 is 11.3 Å². The van der Waals surface area contributed by atoms with Gasteiger partial charge in [0.05, 0.1) is 5.69 Å². The molecule has 4 heteroatoms. The van der Waals surface area contributed by atoms with E-state index in [2.05, 4.69) is 44.8 Å². The fourth-order valence-corrected chi connectivity index (χ4v) is 4.11. The third-order valence-electron chi connectivity index (χ3n) is 4.40. The molecule has 0 saturated carbocycles. The molecule has 120 valence electrons. The van der Waals surface area contributed by atoms with Gasteiger partial charge in [-0.3, -0.25) is 0 Å². The predicted molar refractivity (Wildman–Crippen MR) is 93.4 cm³/mol. The second-order valence-electron chi connectivity index (χ2n) is 6.83. The van der Waals surface area contributed by atoms with Crippen LogP contribution in [0.15, 0.2) is 0 Å². The number of hydrogen-bond acceptors (Lipinski definition) is 4. The first-order valence-corrected chi connectivity index (χ1v) is 9.30. The molecular formula is C17H31N3S. The molecule has 1 aromatic heterocycles. The van der Waals surface area contributed by atoms with Crippen LogP contribution in [0.2, 0.25) is 0 Å². The molecule has 0 bridgehead atoms. The van der Waals surface area contributed by atoms with Gasteiger partial charge in [0.2, 0.25) is 0 Å². The lowest BCUT2D eigenvalue weighted by molar-refractivity contribution is 0.395. The van der Waals surface area contributed by atoms with Gasteiger partial charge < -0.3 is 10.2 Å². The molecule has 2 heterocycles. The molecule has 0 spiro atoms. The van der Waals surface area contributed by atoms with Crippen molar-refractivity contribution >= 4 is 16.5 Å². The molecule has 0 amide bonds. The number of hydrogen-bond donors (Lipinski definition) is 1. The van der Waals surface area contributed by atoms with Crippen LogP contribution in [0.25, 0.3) is 0 Å². The summed E-state index contributed by atoms with van der Waals surface area (Å²) >= 11 is 1.90. The summed E-state index contributed by atoms with van der Waals surface area (Å²) in [7, 11) is 0. The standard InChI is InChI=1S/C17H31N3S/c1-6-14-7-9-20(10-8-14)17-19-16(12(2)3)15(21-17)11-18-13(4)5/h12-14,18H,6-11H2,1-5H3. The Morgan fingerprint density at radius 1 is 1.24 bits per heavy atom. The maximum atomic E-state index is 4.97. The zero-order valence-corrected chi connectivity index (χ0v) is 15.1. The van der Waals surface area contributed by atoms with Crippen LogP contribution < -0.4 is 10.2 Å². The Balaban J connectivity index is 2.08. The average molecular weight is 310 g/mol. The van der Waals surface area contributed by atoms with E-state index in [0.717, 1.165) is 12.5 Å². The number of thiazole rings is 1. The van der Waals surface area contributed by atoms with Gasteiger partial charge >= 0.3 is 0 Å². The monoisotopic (exact) mass is 309 g/mol. The van der Waals surface area contributed by atoms with Crippen LogP contribution in [0, 0.1) is 5.92 Å². The normalized spacial score (nSPS) is 17.2. The van der Waals surface area contributed by atoms with Crippen molar-refractivity contribution < 1.29 is 0 Å². The van der Waals surface area contributed by atoms with E-state index in [-0.39, 0.29) is 0 Å². The summed E-state index contributed by atoms with van der Waals surface area (Å²) < 4.78 is 0. The minimum Gasteiger partial charge on any atom is -0.348 e. The minimum absolute atomic E-state index is 0.507. The summed E-state index contributed by atoms with van der Waals surface area (Å²) in [4.78, 5) is 8.89. The zero-order chi connectivity index (χ0) is 15.4. The average Bonchev–Trinajstić information content (AvgIpc) is 2.89. The van der Waals surface area contributed by atoms with Crippen LogP contribution in [0.4, 0.5) is 5.13 Å². The molecule has 1 N–H and O–H groups in total. The smallest absolute Gasteiger partial charge is 0.185 e. The van der Waals surface area contributed by atoms with Gasteiger partial charge in [-0.15, -0.1) is 11.3 Å². The van der Waals surface area contributed by atoms with Crippen molar-refractivity contribution in [2.24, 2.45) is 5.92 Å². The second kappa shape index (κ2) is 7.59. The Morgan fingerprint density at radius 2 is 1.90 bits per heavy atom. The van der Waals surface area contributed by atoms with E-state index in [1.54, 1.807) is 0 Å². The molecule has 21 heavy (non-hydrogen) atoms. The third-order valence-corrected chi connectivity index (χ3v) is 5.53. The van der Waals surface area contributed by atoms with Gasteiger partial charge in [0, 0.05) is 30.6 Å². The Kier molecular flexibility index (Phi) is 6.06. The number of nitrogens with one attached hydrogen (secondary N) is 1. The maximum Gasteiger partial charge on any atom is 0.185 e. The maximum absolute atomic E-state index is 4.97. The third kappa shape index (κ3) is 4.43. The van der Waals surface area contributed by atoms with Crippen molar-refractivity contribution in [1.29, 1.82) is 0 Å². The highest BCUT2D eigenvalue weighted by molar-refractivity contribution is 7.15. The highest BCUT2D eigenvalue weighted by atomic mass is 32.1. The molecule has 0 radical (unpaired) electrons. The van der Waals surface area contributed by atoms with Gasteiger partial charge in [-0.25, -0.2) is 4.98 Å². The molecule has 1 aliphatic heterocycles. The first kappa shape index (κ1) is 16.8. The van der Waals surface area contributed by atoms with Crippen LogP contribution in [0.5, 0.6) is 0 Å². The number of nitrogens with zero attached hydrogens (tertiary/aromatic N) is 2. The lowest BCUT2D eigenvalue weighted by Gasteiger charge is -2.31. The summed E-state index contributed by atoms with van der Waals surface area (Å²) in [6.07, 6.45) is 3.98. The number of anilines is 1. The van der Waals surface area contributed by atoms with Crippen LogP contribution in [0.1, 0.15) is 70.4 Å². The molecule has 0 atom stereocenters. The Labute approximate surface area is 134 Å². The molecule has 1 saturated heterocycles. The van der Waals surface area contributed by atoms with Crippen molar-refractivity contribution in [3.8, 4) is 0 Å². The minimum atomic E-state index is 0.507. The van der Waals surface area contributed by atoms with Crippen molar-refractivity contribution in [3.05, 3.63) is 10.6 Å².